The van der Waals surface area contributed by atoms with E-state index in [1.54, 1.807) is 9.36 Å². The zero-order valence-corrected chi connectivity index (χ0v) is 80.4. The molecule has 2 unspecified atom stereocenters. The van der Waals surface area contributed by atoms with E-state index in [1.165, 1.54) is 22.3 Å². The number of ether oxygens (including phenoxy) is 10. The predicted molar refractivity (Wildman–Crippen MR) is 538 cm³/mol. The van der Waals surface area contributed by atoms with E-state index in [1.807, 2.05) is 125 Å². The zero-order chi connectivity index (χ0) is 99.8. The normalized spacial score (nSPS) is 16.0. The van der Waals surface area contributed by atoms with Crippen LogP contribution in [0.25, 0.3) is 108 Å². The van der Waals surface area contributed by atoms with E-state index < -0.39 is 0 Å². The largest absolute Gasteiger partial charge is 0.380 e. The Bertz CT molecular complexity index is 6070. The van der Waals surface area contributed by atoms with E-state index in [0.717, 1.165) is 147 Å². The summed E-state index contributed by atoms with van der Waals surface area (Å²) < 4.78 is 63.2. The number of hydrogen-bond donors (Lipinski definition) is 1. The second-order valence-corrected chi connectivity index (χ2v) is 34.8. The molecule has 144 heavy (non-hydrogen) atoms. The SMILES string of the molecule is CCCOCCn1cc(-c2ccc(C34CC5(c6ccc(-c7cn(CCOCCN=[N+]=[N-])nn7)cc6)CC(c6ccc(-c7cn(CCOCCN=[N+]=[N-])nn7)cc6)(C3)CC(c3ccc(-c6c[n+](CCOCCN=[N+]=[N-])[nH]n6)cc3)(C4)C5)cc2)nn1.[N-]=[N+]=NCCOCCOCc1ccc(C#Cc2cc(C#Cc3ccc(COCCOCCN=[N+]=[N-])cc3)cc(C#Cc3ccc(COCCOCCN=[N+]=[N-])cc3)c2)cc1. The second-order valence-electron chi connectivity index (χ2n) is 34.8. The number of benzene rings is 8. The number of H-pyrrole nitrogens is 1. The third kappa shape index (κ3) is 31.0. The summed E-state index contributed by atoms with van der Waals surface area (Å²) in [6.45, 7) is 14.7. The van der Waals surface area contributed by atoms with Gasteiger partial charge in [0.2, 0.25) is 5.69 Å². The lowest BCUT2D eigenvalue weighted by atomic mass is 9.32. The lowest BCUT2D eigenvalue weighted by Crippen LogP contribution is -2.67. The summed E-state index contributed by atoms with van der Waals surface area (Å²) in [5, 5.41) is 55.8. The van der Waals surface area contributed by atoms with Gasteiger partial charge in [0.05, 0.1) is 164 Å². The first-order valence-corrected chi connectivity index (χ1v) is 47.8. The lowest BCUT2D eigenvalue weighted by Gasteiger charge is -2.71. The summed E-state index contributed by atoms with van der Waals surface area (Å²) in [4.78, 5) is 16.5. The van der Waals surface area contributed by atoms with Crippen molar-refractivity contribution in [1.29, 1.82) is 0 Å². The van der Waals surface area contributed by atoms with Crippen LogP contribution in [0.4, 0.5) is 0 Å². The maximum Gasteiger partial charge on any atom is 0.248 e. The molecule has 4 bridgehead atoms. The molecule has 4 saturated carbocycles. The molecule has 0 saturated heterocycles. The van der Waals surface area contributed by atoms with E-state index in [2.05, 4.69) is 236 Å². The second kappa shape index (κ2) is 55.6. The van der Waals surface area contributed by atoms with E-state index >= 15 is 0 Å². The van der Waals surface area contributed by atoms with Gasteiger partial charge in [0.15, 0.2) is 6.20 Å². The Morgan fingerprint density at radius 2 is 0.562 bits per heavy atom. The smallest absolute Gasteiger partial charge is 0.248 e. The van der Waals surface area contributed by atoms with Crippen LogP contribution in [-0.2, 0) is 115 Å². The first kappa shape index (κ1) is 104. The number of hydrogen-bond acceptors (Lipinski definition) is 23. The summed E-state index contributed by atoms with van der Waals surface area (Å²) in [6.07, 6.45) is 14.7. The molecule has 0 aliphatic heterocycles. The van der Waals surface area contributed by atoms with Crippen LogP contribution in [0, 0.1) is 35.5 Å². The van der Waals surface area contributed by atoms with Crippen molar-refractivity contribution < 1.29 is 52.1 Å². The molecule has 40 heteroatoms. The summed E-state index contributed by atoms with van der Waals surface area (Å²) in [7, 11) is 0. The quantitative estimate of drug-likeness (QED) is 0.00924. The van der Waals surface area contributed by atoms with Crippen LogP contribution in [0.2, 0.25) is 0 Å². The first-order chi connectivity index (χ1) is 70.9. The molecule has 4 aliphatic carbocycles. The van der Waals surface area contributed by atoms with Crippen molar-refractivity contribution >= 4 is 0 Å². The number of nitrogens with one attached hydrogen (secondary N) is 1. The van der Waals surface area contributed by atoms with Gasteiger partial charge in [-0.1, -0.05) is 227 Å². The van der Waals surface area contributed by atoms with Crippen LogP contribution in [0.3, 0.4) is 0 Å². The molecule has 1 N–H and O–H groups in total. The van der Waals surface area contributed by atoms with Gasteiger partial charge in [-0.25, -0.2) is 14.0 Å². The van der Waals surface area contributed by atoms with Crippen LogP contribution in [-0.4, -0.2) is 207 Å². The van der Waals surface area contributed by atoms with Crippen molar-refractivity contribution in [2.45, 2.75) is 120 Å². The van der Waals surface area contributed by atoms with Crippen molar-refractivity contribution in [1.82, 2.24) is 55.3 Å². The molecule has 4 fully saturated rings. The van der Waals surface area contributed by atoms with Gasteiger partial charge in [-0.05, 0) is 193 Å². The van der Waals surface area contributed by atoms with Crippen molar-refractivity contribution in [2.24, 2.45) is 30.7 Å². The minimum absolute atomic E-state index is 0.230. The molecule has 4 heterocycles. The summed E-state index contributed by atoms with van der Waals surface area (Å²) in [6, 6.07) is 66.1. The maximum atomic E-state index is 8.61. The fraction of sp³-hybridized carbons (Fsp3) is 0.404. The van der Waals surface area contributed by atoms with Gasteiger partial charge in [0.25, 0.3) is 0 Å². The van der Waals surface area contributed by atoms with Crippen LogP contribution in [0.15, 0.2) is 244 Å². The van der Waals surface area contributed by atoms with Gasteiger partial charge in [0, 0.05) is 136 Å². The highest BCUT2D eigenvalue weighted by Crippen LogP contribution is 2.75. The Morgan fingerprint density at radius 3 is 0.847 bits per heavy atom. The molecule has 2 atom stereocenters. The van der Waals surface area contributed by atoms with Gasteiger partial charge in [-0.3, -0.25) is 0 Å². The van der Waals surface area contributed by atoms with Crippen LogP contribution < -0.4 is 4.68 Å². The van der Waals surface area contributed by atoms with Crippen LogP contribution in [0.1, 0.15) is 124 Å². The zero-order valence-electron chi connectivity index (χ0n) is 80.4. The summed E-state index contributed by atoms with van der Waals surface area (Å²) >= 11 is 0. The Labute approximate surface area is 833 Å². The molecule has 12 aromatic rings. The van der Waals surface area contributed by atoms with Crippen molar-refractivity contribution in [3.8, 4) is 80.6 Å². The number of nitrogens with zero attached hydrogens (tertiary/aromatic N) is 29. The standard InChI is InChI=1S/C59H67N21O4.C45H45N9O6/c1-2-26-81-30-22-77-34-52(66-73-77)44-3-11-48(12-4-44)56-38-57(49-13-5-45(6-14-49)53-35-78(74-67-53)23-31-82-27-19-63-70-60)41-58(39-56,50-15-7-46(8-16-50)54-36-79(75-68-54)24-32-83-28-20-64-71-61)43-59(40-56,42-57)51-17-9-47(10-18-51)55-37-80(76-69-55)25-33-84-29-21-65-72-62;46-52-49-19-22-55-25-28-58-34-40-10-1-37(2-11-40)7-16-43-31-44(17-8-38-3-12-41(13-4-38)35-59-29-26-56-23-20-50-53-47)33-45(32-43)18-9-39-5-14-42(15-6-39)36-60-30-27-57-24-21-51-54-48/h3-18,34-37H,2,19-33,38-43H2,1H3;1-6,10-15,31-33H,19-30,34-36H2/p+1. The number of aromatic nitrogens is 12. The highest BCUT2D eigenvalue weighted by molar-refractivity contribution is 5.65. The van der Waals surface area contributed by atoms with Crippen molar-refractivity contribution in [2.75, 3.05) is 152 Å². The lowest BCUT2D eigenvalue weighted by molar-refractivity contribution is -0.754. The molecular weight excluding hydrogens is 1830 g/mol. The summed E-state index contributed by atoms with van der Waals surface area (Å²) in [5.74, 6) is 19.6. The topological polar surface area (TPSA) is 510 Å². The molecule has 0 radical (unpaired) electrons. The van der Waals surface area contributed by atoms with E-state index in [-0.39, 0.29) is 41.3 Å². The van der Waals surface area contributed by atoms with Crippen molar-refractivity contribution in [3.63, 3.8) is 0 Å². The van der Waals surface area contributed by atoms with Crippen LogP contribution in [0.5, 0.6) is 0 Å². The highest BCUT2D eigenvalue weighted by Gasteiger charge is 2.69. The monoisotopic (exact) mass is 1940 g/mol. The average Bonchev–Trinajstić information content (AvgIpc) is 0.692. The molecule has 8 aromatic carbocycles. The van der Waals surface area contributed by atoms with Gasteiger partial charge < -0.3 is 47.4 Å². The van der Waals surface area contributed by atoms with E-state index in [0.29, 0.717) is 171 Å². The Hall–Kier alpha value is -15.5. The van der Waals surface area contributed by atoms with Crippen molar-refractivity contribution in [3.05, 3.63) is 348 Å². The van der Waals surface area contributed by atoms with Gasteiger partial charge in [-0.15, -0.1) is 15.3 Å². The van der Waals surface area contributed by atoms with Gasteiger partial charge >= 0.3 is 0 Å². The molecule has 4 aromatic heterocycles. The number of rotatable bonds is 55. The average molecular weight is 1940 g/mol. The van der Waals surface area contributed by atoms with Crippen LogP contribution >= 0.6 is 0 Å². The third-order valence-electron chi connectivity index (χ3n) is 24.8. The maximum absolute atomic E-state index is 8.61. The number of azide groups is 6. The molecular formula is C104H113N30O10+. The summed E-state index contributed by atoms with van der Waals surface area (Å²) in [5.41, 5.74) is 70.3. The molecule has 0 amide bonds. The minimum atomic E-state index is -0.237. The molecule has 0 spiro atoms. The predicted octanol–water partition coefficient (Wildman–Crippen LogP) is 18.4. The Balaban J connectivity index is 0.000000242. The highest BCUT2D eigenvalue weighted by atomic mass is 16.5. The van der Waals surface area contributed by atoms with E-state index in [4.69, 9.17) is 85.7 Å². The molecule has 4 aliphatic rings. The van der Waals surface area contributed by atoms with Gasteiger partial charge in [-0.2, -0.15) is 4.68 Å². The number of aromatic amines is 1. The fourth-order valence-electron chi connectivity index (χ4n) is 18.7. The van der Waals surface area contributed by atoms with E-state index in [9.17, 15) is 0 Å². The Kier molecular flexibility index (Phi) is 40.3. The third-order valence-corrected chi connectivity index (χ3v) is 24.8. The first-order valence-electron chi connectivity index (χ1n) is 47.8. The fourth-order valence-corrected chi connectivity index (χ4v) is 18.7. The minimum Gasteiger partial charge on any atom is -0.380 e. The Morgan fingerprint density at radius 1 is 0.306 bits per heavy atom. The van der Waals surface area contributed by atoms with Gasteiger partial charge in [0.1, 0.15) is 23.6 Å². The molecule has 16 rings (SSSR count). The molecule has 40 nitrogen and oxygen atoms in total. The molecule has 738 valence electrons.